The van der Waals surface area contributed by atoms with E-state index in [1.807, 2.05) is 13.0 Å². The Morgan fingerprint density at radius 3 is 2.29 bits per heavy atom. The number of nitrogens with zero attached hydrogens (tertiary/aromatic N) is 1. The van der Waals surface area contributed by atoms with Crippen molar-refractivity contribution in [2.45, 2.75) is 6.92 Å². The molecule has 4 nitrogen and oxygen atoms in total. The highest BCUT2D eigenvalue weighted by molar-refractivity contribution is 5.82. The van der Waals surface area contributed by atoms with Crippen LogP contribution in [0.5, 0.6) is 11.5 Å². The average Bonchev–Trinajstić information content (AvgIpc) is 2.20. The Morgan fingerprint density at radius 2 is 1.79 bits per heavy atom. The van der Waals surface area contributed by atoms with Gasteiger partial charge in [0.05, 0.1) is 20.4 Å². The number of aryl methyl sites for hydroxylation is 1. The first-order valence-electron chi connectivity index (χ1n) is 4.13. The molecule has 0 atom stereocenters. The molecule has 1 aromatic carbocycles. The summed E-state index contributed by atoms with van der Waals surface area (Å²) >= 11 is 0. The fourth-order valence-corrected chi connectivity index (χ4v) is 1.20. The molecule has 0 aromatic heterocycles. The molecule has 0 heterocycles. The maximum Gasteiger partial charge on any atom is 0.161 e. The fourth-order valence-electron chi connectivity index (χ4n) is 1.20. The van der Waals surface area contributed by atoms with Crippen LogP contribution >= 0.6 is 0 Å². The molecule has 0 amide bonds. The van der Waals surface area contributed by atoms with E-state index in [9.17, 15) is 0 Å². The van der Waals surface area contributed by atoms with E-state index >= 15 is 0 Å². The molecule has 0 radical (unpaired) electrons. The van der Waals surface area contributed by atoms with E-state index < -0.39 is 0 Å². The predicted octanol–water partition coefficient (Wildman–Crippen LogP) is 1.82. The summed E-state index contributed by atoms with van der Waals surface area (Å²) < 4.78 is 10.2. The molecule has 1 rings (SSSR count). The Labute approximate surface area is 82.8 Å². The molecule has 0 saturated carbocycles. The van der Waals surface area contributed by atoms with Crippen LogP contribution in [0.1, 0.15) is 11.1 Å². The molecule has 0 saturated heterocycles. The molecule has 0 fully saturated rings. The minimum absolute atomic E-state index is 0.619. The summed E-state index contributed by atoms with van der Waals surface area (Å²) in [5, 5.41) is 11.4. The van der Waals surface area contributed by atoms with E-state index in [1.165, 1.54) is 6.21 Å². The van der Waals surface area contributed by atoms with Crippen LogP contribution in [0.2, 0.25) is 0 Å². The first-order valence-corrected chi connectivity index (χ1v) is 4.13. The zero-order valence-corrected chi connectivity index (χ0v) is 8.44. The van der Waals surface area contributed by atoms with Gasteiger partial charge in [0.15, 0.2) is 11.5 Å². The number of ether oxygens (including phenoxy) is 2. The number of benzene rings is 1. The van der Waals surface area contributed by atoms with Crippen LogP contribution in [0, 0.1) is 6.92 Å². The zero-order chi connectivity index (χ0) is 10.6. The van der Waals surface area contributed by atoms with Crippen molar-refractivity contribution >= 4 is 6.21 Å². The lowest BCUT2D eigenvalue weighted by atomic mass is 10.1. The van der Waals surface area contributed by atoms with Crippen molar-refractivity contribution in [1.82, 2.24) is 0 Å². The summed E-state index contributed by atoms with van der Waals surface area (Å²) in [5.41, 5.74) is 1.76. The van der Waals surface area contributed by atoms with E-state index in [-0.39, 0.29) is 0 Å². The van der Waals surface area contributed by atoms with Gasteiger partial charge in [0.2, 0.25) is 0 Å². The number of hydrogen-bond donors (Lipinski definition) is 1. The van der Waals surface area contributed by atoms with Crippen molar-refractivity contribution in [2.75, 3.05) is 14.2 Å². The standard InChI is InChI=1S/C10H13NO3/c1-7-4-9(13-2)10(14-3)5-8(7)6-11-12/h4-6,12H,1-3H3. The Bertz CT molecular complexity index is 347. The third-order valence-electron chi connectivity index (χ3n) is 1.97. The van der Waals surface area contributed by atoms with Gasteiger partial charge < -0.3 is 14.7 Å². The van der Waals surface area contributed by atoms with Gasteiger partial charge in [-0.25, -0.2) is 0 Å². The molecular weight excluding hydrogens is 182 g/mol. The van der Waals surface area contributed by atoms with Crippen molar-refractivity contribution in [3.8, 4) is 11.5 Å². The Morgan fingerprint density at radius 1 is 1.21 bits per heavy atom. The van der Waals surface area contributed by atoms with E-state index in [0.717, 1.165) is 11.1 Å². The smallest absolute Gasteiger partial charge is 0.161 e. The van der Waals surface area contributed by atoms with Crippen LogP contribution in [0.4, 0.5) is 0 Å². The number of oxime groups is 1. The molecule has 76 valence electrons. The molecule has 4 heteroatoms. The Kier molecular flexibility index (Phi) is 3.34. The maximum absolute atomic E-state index is 8.43. The van der Waals surface area contributed by atoms with Crippen molar-refractivity contribution in [3.63, 3.8) is 0 Å². The molecule has 14 heavy (non-hydrogen) atoms. The SMILES string of the molecule is COc1cc(C)c(C=NO)cc1OC. The van der Waals surface area contributed by atoms with Gasteiger partial charge in [0, 0.05) is 5.56 Å². The highest BCUT2D eigenvalue weighted by atomic mass is 16.5. The van der Waals surface area contributed by atoms with Crippen LogP contribution in [-0.2, 0) is 0 Å². The van der Waals surface area contributed by atoms with E-state index in [1.54, 1.807) is 20.3 Å². The van der Waals surface area contributed by atoms with Crippen LogP contribution in [-0.4, -0.2) is 25.6 Å². The second-order valence-corrected chi connectivity index (χ2v) is 2.81. The molecule has 0 aliphatic carbocycles. The first kappa shape index (κ1) is 10.4. The third-order valence-corrected chi connectivity index (χ3v) is 1.97. The van der Waals surface area contributed by atoms with E-state index in [4.69, 9.17) is 14.7 Å². The first-order chi connectivity index (χ1) is 6.72. The third kappa shape index (κ3) is 1.96. The van der Waals surface area contributed by atoms with Crippen LogP contribution < -0.4 is 9.47 Å². The number of methoxy groups -OCH3 is 2. The molecule has 1 aromatic rings. The van der Waals surface area contributed by atoms with Gasteiger partial charge in [-0.3, -0.25) is 0 Å². The van der Waals surface area contributed by atoms with Crippen LogP contribution in [0.3, 0.4) is 0 Å². The molecule has 0 aliphatic rings. The summed E-state index contributed by atoms with van der Waals surface area (Å²) in [6.07, 6.45) is 1.36. The summed E-state index contributed by atoms with van der Waals surface area (Å²) in [7, 11) is 3.14. The fraction of sp³-hybridized carbons (Fsp3) is 0.300. The van der Waals surface area contributed by atoms with Gasteiger partial charge in [0.1, 0.15) is 0 Å². The lowest BCUT2D eigenvalue weighted by Crippen LogP contribution is -1.95. The summed E-state index contributed by atoms with van der Waals surface area (Å²) in [6, 6.07) is 3.59. The predicted molar refractivity (Wildman–Crippen MR) is 53.7 cm³/mol. The van der Waals surface area contributed by atoms with Gasteiger partial charge in [-0.05, 0) is 24.6 Å². The molecule has 0 aliphatic heterocycles. The van der Waals surface area contributed by atoms with Gasteiger partial charge >= 0.3 is 0 Å². The lowest BCUT2D eigenvalue weighted by Gasteiger charge is -2.09. The van der Waals surface area contributed by atoms with E-state index in [0.29, 0.717) is 11.5 Å². The highest BCUT2D eigenvalue weighted by Crippen LogP contribution is 2.29. The van der Waals surface area contributed by atoms with Crippen LogP contribution in [0.15, 0.2) is 17.3 Å². The second kappa shape index (κ2) is 4.50. The minimum Gasteiger partial charge on any atom is -0.493 e. The molecule has 1 N–H and O–H groups in total. The lowest BCUT2D eigenvalue weighted by molar-refractivity contribution is 0.321. The summed E-state index contributed by atoms with van der Waals surface area (Å²) in [5.74, 6) is 1.29. The van der Waals surface area contributed by atoms with Crippen molar-refractivity contribution in [2.24, 2.45) is 5.16 Å². The van der Waals surface area contributed by atoms with Crippen molar-refractivity contribution in [1.29, 1.82) is 0 Å². The molecular formula is C10H13NO3. The average molecular weight is 195 g/mol. The maximum atomic E-state index is 8.43. The number of rotatable bonds is 3. The van der Waals surface area contributed by atoms with Crippen LogP contribution in [0.25, 0.3) is 0 Å². The highest BCUT2D eigenvalue weighted by Gasteiger charge is 2.06. The summed E-state index contributed by atoms with van der Waals surface area (Å²) in [4.78, 5) is 0. The Balaban J connectivity index is 3.23. The minimum atomic E-state index is 0.619. The topological polar surface area (TPSA) is 51.0 Å². The van der Waals surface area contributed by atoms with Crippen molar-refractivity contribution in [3.05, 3.63) is 23.3 Å². The van der Waals surface area contributed by atoms with Gasteiger partial charge in [0.25, 0.3) is 0 Å². The largest absolute Gasteiger partial charge is 0.493 e. The second-order valence-electron chi connectivity index (χ2n) is 2.81. The summed E-state index contributed by atoms with van der Waals surface area (Å²) in [6.45, 7) is 1.90. The zero-order valence-electron chi connectivity index (χ0n) is 8.44. The quantitative estimate of drug-likeness (QED) is 0.454. The Hall–Kier alpha value is -1.71. The van der Waals surface area contributed by atoms with Gasteiger partial charge in [-0.1, -0.05) is 5.16 Å². The normalized spacial score (nSPS) is 10.5. The van der Waals surface area contributed by atoms with E-state index in [2.05, 4.69) is 5.16 Å². The molecule has 0 spiro atoms. The van der Waals surface area contributed by atoms with Gasteiger partial charge in [-0.15, -0.1) is 0 Å². The monoisotopic (exact) mass is 195 g/mol. The molecule has 0 bridgehead atoms. The van der Waals surface area contributed by atoms with Gasteiger partial charge in [-0.2, -0.15) is 0 Å². The van der Waals surface area contributed by atoms with Crippen molar-refractivity contribution < 1.29 is 14.7 Å². The molecule has 0 unspecified atom stereocenters. The number of hydrogen-bond acceptors (Lipinski definition) is 4.